The van der Waals surface area contributed by atoms with E-state index in [0.717, 1.165) is 18.1 Å². The lowest BCUT2D eigenvalue weighted by atomic mass is 10.1. The molecule has 0 radical (unpaired) electrons. The second kappa shape index (κ2) is 8.04. The maximum atomic E-state index is 14.5. The first-order valence-corrected chi connectivity index (χ1v) is 9.33. The molecule has 0 spiro atoms. The van der Waals surface area contributed by atoms with E-state index in [1.807, 2.05) is 24.0 Å². The van der Waals surface area contributed by atoms with Gasteiger partial charge in [0.1, 0.15) is 5.82 Å². The van der Waals surface area contributed by atoms with Crippen LogP contribution in [0.15, 0.2) is 23.2 Å². The molecular weight excluding hydrogens is 319 g/mol. The molecule has 3 rings (SSSR count). The third kappa shape index (κ3) is 4.84. The molecule has 6 heteroatoms. The zero-order chi connectivity index (χ0) is 17.8. The van der Waals surface area contributed by atoms with Crippen LogP contribution in [0.4, 0.5) is 10.1 Å². The van der Waals surface area contributed by atoms with Crippen LogP contribution in [-0.4, -0.2) is 42.8 Å². The predicted molar refractivity (Wildman–Crippen MR) is 99.4 cm³/mol. The highest BCUT2D eigenvalue weighted by Crippen LogP contribution is 2.29. The molecule has 0 amide bonds. The van der Waals surface area contributed by atoms with Gasteiger partial charge >= 0.3 is 0 Å². The van der Waals surface area contributed by atoms with Gasteiger partial charge in [-0.2, -0.15) is 0 Å². The van der Waals surface area contributed by atoms with Gasteiger partial charge in [0.25, 0.3) is 0 Å². The van der Waals surface area contributed by atoms with Gasteiger partial charge in [0.15, 0.2) is 5.96 Å². The van der Waals surface area contributed by atoms with Crippen molar-refractivity contribution in [2.75, 3.05) is 24.5 Å². The minimum absolute atomic E-state index is 0.210. The normalized spacial score (nSPS) is 24.3. The molecule has 2 fully saturated rings. The van der Waals surface area contributed by atoms with Crippen LogP contribution in [0.3, 0.4) is 0 Å². The van der Waals surface area contributed by atoms with Crippen LogP contribution < -0.4 is 15.5 Å². The Morgan fingerprint density at radius 1 is 1.36 bits per heavy atom. The number of anilines is 1. The molecule has 1 saturated carbocycles. The third-order valence-corrected chi connectivity index (χ3v) is 5.01. The van der Waals surface area contributed by atoms with Gasteiger partial charge in [-0.3, -0.25) is 0 Å². The van der Waals surface area contributed by atoms with Crippen molar-refractivity contribution in [3.05, 3.63) is 29.6 Å². The van der Waals surface area contributed by atoms with E-state index < -0.39 is 0 Å². The molecular formula is C19H29FN4O. The number of halogens is 1. The highest BCUT2D eigenvalue weighted by Gasteiger charge is 2.33. The lowest BCUT2D eigenvalue weighted by Crippen LogP contribution is -2.39. The molecule has 1 saturated heterocycles. The fourth-order valence-electron chi connectivity index (χ4n) is 3.20. The zero-order valence-corrected chi connectivity index (χ0v) is 15.1. The van der Waals surface area contributed by atoms with Crippen LogP contribution in [0, 0.1) is 11.7 Å². The van der Waals surface area contributed by atoms with Gasteiger partial charge in [-0.05, 0) is 49.8 Å². The first-order valence-electron chi connectivity index (χ1n) is 9.33. The molecule has 138 valence electrons. The van der Waals surface area contributed by atoms with E-state index in [2.05, 4.69) is 22.5 Å². The summed E-state index contributed by atoms with van der Waals surface area (Å²) in [5.41, 5.74) is 1.48. The Kier molecular flexibility index (Phi) is 5.78. The van der Waals surface area contributed by atoms with Crippen molar-refractivity contribution in [3.63, 3.8) is 0 Å². The molecule has 1 aliphatic carbocycles. The van der Waals surface area contributed by atoms with Gasteiger partial charge in [0.05, 0.1) is 18.3 Å². The molecule has 0 aromatic heterocycles. The van der Waals surface area contributed by atoms with Gasteiger partial charge < -0.3 is 20.6 Å². The molecule has 0 bridgehead atoms. The fourth-order valence-corrected chi connectivity index (χ4v) is 3.20. The first kappa shape index (κ1) is 18.0. The number of nitrogens with zero attached hydrogens (tertiary/aromatic N) is 2. The number of nitrogens with one attached hydrogen (secondary N) is 2. The second-order valence-corrected chi connectivity index (χ2v) is 7.16. The monoisotopic (exact) mass is 348 g/mol. The zero-order valence-electron chi connectivity index (χ0n) is 15.1. The fraction of sp³-hybridized carbons (Fsp3) is 0.632. The van der Waals surface area contributed by atoms with Crippen molar-refractivity contribution in [1.29, 1.82) is 0 Å². The number of aliphatic hydroxyl groups is 1. The summed E-state index contributed by atoms with van der Waals surface area (Å²) in [5, 5.41) is 16.2. The van der Waals surface area contributed by atoms with Crippen molar-refractivity contribution >= 4 is 11.6 Å². The summed E-state index contributed by atoms with van der Waals surface area (Å²) in [6.45, 7) is 6.91. The van der Waals surface area contributed by atoms with Gasteiger partial charge in [0.2, 0.25) is 0 Å². The average Bonchev–Trinajstić information content (AvgIpc) is 3.29. The number of guanidine groups is 1. The van der Waals surface area contributed by atoms with E-state index in [-0.39, 0.29) is 11.9 Å². The Labute approximate surface area is 149 Å². The van der Waals surface area contributed by atoms with E-state index >= 15 is 0 Å². The summed E-state index contributed by atoms with van der Waals surface area (Å²) in [5.74, 6) is 1.29. The van der Waals surface area contributed by atoms with E-state index in [9.17, 15) is 9.50 Å². The maximum absolute atomic E-state index is 14.5. The number of aliphatic imine (C=N–C) groups is 1. The van der Waals surface area contributed by atoms with Crippen molar-refractivity contribution in [2.45, 2.75) is 51.8 Å². The van der Waals surface area contributed by atoms with Gasteiger partial charge in [-0.25, -0.2) is 9.38 Å². The number of hydrogen-bond donors (Lipinski definition) is 3. The lowest BCUT2D eigenvalue weighted by molar-refractivity contribution is 0.145. The van der Waals surface area contributed by atoms with Gasteiger partial charge in [-0.15, -0.1) is 0 Å². The third-order valence-electron chi connectivity index (χ3n) is 5.01. The number of rotatable bonds is 5. The number of aliphatic hydroxyl groups excluding tert-OH is 1. The van der Waals surface area contributed by atoms with Crippen LogP contribution >= 0.6 is 0 Å². The molecule has 2 aliphatic rings. The molecule has 3 N–H and O–H groups in total. The van der Waals surface area contributed by atoms with Crippen molar-refractivity contribution < 1.29 is 9.50 Å². The summed E-state index contributed by atoms with van der Waals surface area (Å²) in [6.07, 6.45) is 2.32. The van der Waals surface area contributed by atoms with Crippen LogP contribution in [-0.2, 0) is 6.54 Å². The van der Waals surface area contributed by atoms with Gasteiger partial charge in [-0.1, -0.05) is 13.0 Å². The summed E-state index contributed by atoms with van der Waals surface area (Å²) in [4.78, 5) is 6.58. The van der Waals surface area contributed by atoms with Crippen LogP contribution in [0.2, 0.25) is 0 Å². The largest absolute Gasteiger partial charge is 0.393 e. The molecule has 2 atom stereocenters. The Morgan fingerprint density at radius 2 is 2.08 bits per heavy atom. The minimum atomic E-state index is -0.251. The molecule has 2 unspecified atom stereocenters. The molecule has 25 heavy (non-hydrogen) atoms. The van der Waals surface area contributed by atoms with E-state index in [4.69, 9.17) is 0 Å². The topological polar surface area (TPSA) is 59.9 Å². The minimum Gasteiger partial charge on any atom is -0.393 e. The number of piperidine rings is 1. The predicted octanol–water partition coefficient (Wildman–Crippen LogP) is 2.25. The van der Waals surface area contributed by atoms with E-state index in [1.54, 1.807) is 6.07 Å². The van der Waals surface area contributed by atoms with Crippen LogP contribution in [0.5, 0.6) is 0 Å². The molecule has 5 nitrogen and oxygen atoms in total. The highest BCUT2D eigenvalue weighted by molar-refractivity contribution is 5.80. The quantitative estimate of drug-likeness (QED) is 0.564. The number of hydrogen-bond acceptors (Lipinski definition) is 3. The maximum Gasteiger partial charge on any atom is 0.191 e. The number of benzene rings is 1. The van der Waals surface area contributed by atoms with E-state index in [1.165, 1.54) is 6.42 Å². The Hall–Kier alpha value is -1.82. The Morgan fingerprint density at radius 3 is 2.68 bits per heavy atom. The first-order chi connectivity index (χ1) is 12.1. The molecule has 1 heterocycles. The standard InChI is InChI=1S/C19H29FN4O/c1-3-21-19(23-17-10-13(17)2)22-12-14-4-5-18(16(20)11-14)24-8-6-15(25)7-9-24/h4-5,11,13,15,17,25H,3,6-10,12H2,1-2H3,(H2,21,22,23). The van der Waals surface area contributed by atoms with Crippen molar-refractivity contribution in [3.8, 4) is 0 Å². The summed E-state index contributed by atoms with van der Waals surface area (Å²) in [6, 6.07) is 5.86. The smallest absolute Gasteiger partial charge is 0.191 e. The summed E-state index contributed by atoms with van der Waals surface area (Å²) >= 11 is 0. The highest BCUT2D eigenvalue weighted by atomic mass is 19.1. The Balaban J connectivity index is 1.62. The average molecular weight is 348 g/mol. The molecule has 1 aliphatic heterocycles. The second-order valence-electron chi connectivity index (χ2n) is 7.16. The van der Waals surface area contributed by atoms with Crippen LogP contribution in [0.25, 0.3) is 0 Å². The Bertz CT molecular complexity index is 613. The van der Waals surface area contributed by atoms with Crippen molar-refractivity contribution in [1.82, 2.24) is 10.6 Å². The summed E-state index contributed by atoms with van der Waals surface area (Å²) < 4.78 is 14.5. The molecule has 1 aromatic rings. The lowest BCUT2D eigenvalue weighted by Gasteiger charge is -2.31. The summed E-state index contributed by atoms with van der Waals surface area (Å²) in [7, 11) is 0. The van der Waals surface area contributed by atoms with Gasteiger partial charge in [0, 0.05) is 25.7 Å². The van der Waals surface area contributed by atoms with Crippen molar-refractivity contribution in [2.24, 2.45) is 10.9 Å². The molecule has 1 aromatic carbocycles. The van der Waals surface area contributed by atoms with E-state index in [0.29, 0.717) is 50.1 Å². The SMILES string of the molecule is CCNC(=NCc1ccc(N2CCC(O)CC2)c(F)c1)NC1CC1C. The van der Waals surface area contributed by atoms with Crippen LogP contribution in [0.1, 0.15) is 38.7 Å².